The Hall–Kier alpha value is -2.31. The highest BCUT2D eigenvalue weighted by atomic mass is 35.5. The van der Waals surface area contributed by atoms with Crippen molar-refractivity contribution in [3.63, 3.8) is 0 Å². The Kier molecular flexibility index (Phi) is 3.42. The molecule has 0 saturated heterocycles. The van der Waals surface area contributed by atoms with Crippen LogP contribution < -0.4 is 0 Å². The fraction of sp³-hybridized carbons (Fsp3) is 0.222. The van der Waals surface area contributed by atoms with Gasteiger partial charge in [0.25, 0.3) is 0 Å². The standard InChI is InChI=1S/C18H16ClN3/c1-18(2,3)13-6-4-12(5-7-13)17-15(10-20)22-11-14(19)8-9-16(22)21-17/h4-9,11H,1-3H3. The molecule has 0 amide bonds. The number of aromatic nitrogens is 2. The van der Waals surface area contributed by atoms with Crippen molar-refractivity contribution in [2.75, 3.05) is 0 Å². The van der Waals surface area contributed by atoms with Crippen LogP contribution in [-0.4, -0.2) is 9.38 Å². The highest BCUT2D eigenvalue weighted by Crippen LogP contribution is 2.28. The van der Waals surface area contributed by atoms with E-state index in [9.17, 15) is 5.26 Å². The molecule has 3 nitrogen and oxygen atoms in total. The summed E-state index contributed by atoms with van der Waals surface area (Å²) < 4.78 is 1.73. The molecule has 22 heavy (non-hydrogen) atoms. The average Bonchev–Trinajstić information content (AvgIpc) is 2.84. The summed E-state index contributed by atoms with van der Waals surface area (Å²) in [7, 11) is 0. The lowest BCUT2D eigenvalue weighted by Crippen LogP contribution is -2.10. The third-order valence-corrected chi connectivity index (χ3v) is 3.94. The molecule has 3 aromatic rings. The number of pyridine rings is 1. The van der Waals surface area contributed by atoms with Gasteiger partial charge in [-0.25, -0.2) is 4.98 Å². The highest BCUT2D eigenvalue weighted by molar-refractivity contribution is 6.30. The van der Waals surface area contributed by atoms with E-state index in [0.29, 0.717) is 16.4 Å². The minimum absolute atomic E-state index is 0.100. The van der Waals surface area contributed by atoms with Crippen molar-refractivity contribution in [3.8, 4) is 17.3 Å². The van der Waals surface area contributed by atoms with E-state index in [0.717, 1.165) is 11.2 Å². The minimum Gasteiger partial charge on any atom is -0.289 e. The van der Waals surface area contributed by atoms with E-state index in [4.69, 9.17) is 11.6 Å². The van der Waals surface area contributed by atoms with Gasteiger partial charge in [0.1, 0.15) is 17.4 Å². The predicted octanol–water partition coefficient (Wildman–Crippen LogP) is 4.82. The molecule has 2 aromatic heterocycles. The van der Waals surface area contributed by atoms with Crippen molar-refractivity contribution < 1.29 is 0 Å². The molecule has 0 fully saturated rings. The van der Waals surface area contributed by atoms with Crippen LogP contribution in [0.2, 0.25) is 5.02 Å². The number of nitriles is 1. The molecule has 0 aliphatic heterocycles. The molecule has 2 heterocycles. The summed E-state index contributed by atoms with van der Waals surface area (Å²) >= 11 is 6.02. The zero-order valence-corrected chi connectivity index (χ0v) is 13.5. The second kappa shape index (κ2) is 5.15. The number of imidazole rings is 1. The van der Waals surface area contributed by atoms with E-state index in [-0.39, 0.29) is 5.41 Å². The number of fused-ring (bicyclic) bond motifs is 1. The first-order valence-electron chi connectivity index (χ1n) is 7.09. The van der Waals surface area contributed by atoms with Gasteiger partial charge in [-0.05, 0) is 23.1 Å². The van der Waals surface area contributed by atoms with Crippen molar-refractivity contribution in [3.05, 3.63) is 58.9 Å². The van der Waals surface area contributed by atoms with Crippen LogP contribution in [0.3, 0.4) is 0 Å². The van der Waals surface area contributed by atoms with E-state index < -0.39 is 0 Å². The minimum atomic E-state index is 0.100. The molecule has 110 valence electrons. The number of halogens is 1. The van der Waals surface area contributed by atoms with Gasteiger partial charge in [-0.2, -0.15) is 5.26 Å². The first kappa shape index (κ1) is 14.6. The van der Waals surface area contributed by atoms with Gasteiger partial charge in [0.2, 0.25) is 0 Å². The van der Waals surface area contributed by atoms with E-state index in [1.807, 2.05) is 18.2 Å². The molecule has 1 aromatic carbocycles. The summed E-state index contributed by atoms with van der Waals surface area (Å²) in [6.07, 6.45) is 1.72. The lowest BCUT2D eigenvalue weighted by molar-refractivity contribution is 0.590. The first-order valence-corrected chi connectivity index (χ1v) is 7.46. The normalized spacial score (nSPS) is 11.6. The Morgan fingerprint density at radius 2 is 1.77 bits per heavy atom. The largest absolute Gasteiger partial charge is 0.289 e. The third-order valence-electron chi connectivity index (χ3n) is 3.71. The SMILES string of the molecule is CC(C)(C)c1ccc(-c2nc3ccc(Cl)cn3c2C#N)cc1. The van der Waals surface area contributed by atoms with E-state index in [1.54, 1.807) is 16.7 Å². The van der Waals surface area contributed by atoms with Crippen molar-refractivity contribution in [2.45, 2.75) is 26.2 Å². The van der Waals surface area contributed by atoms with Crippen LogP contribution >= 0.6 is 11.6 Å². The van der Waals surface area contributed by atoms with Crippen LogP contribution in [0.1, 0.15) is 32.0 Å². The van der Waals surface area contributed by atoms with Gasteiger partial charge in [0.15, 0.2) is 5.69 Å². The maximum Gasteiger partial charge on any atom is 0.152 e. The van der Waals surface area contributed by atoms with Crippen LogP contribution in [-0.2, 0) is 5.41 Å². The monoisotopic (exact) mass is 309 g/mol. The third kappa shape index (κ3) is 2.47. The molecular weight excluding hydrogens is 294 g/mol. The maximum absolute atomic E-state index is 9.49. The summed E-state index contributed by atoms with van der Waals surface area (Å²) in [4.78, 5) is 4.57. The van der Waals surface area contributed by atoms with Crippen molar-refractivity contribution in [2.24, 2.45) is 0 Å². The summed E-state index contributed by atoms with van der Waals surface area (Å²) in [5, 5.41) is 10.1. The Balaban J connectivity index is 2.16. The number of rotatable bonds is 1. The van der Waals surface area contributed by atoms with Crippen LogP contribution in [0.25, 0.3) is 16.9 Å². The number of benzene rings is 1. The molecule has 0 spiro atoms. The number of hydrogen-bond acceptors (Lipinski definition) is 2. The Morgan fingerprint density at radius 1 is 1.09 bits per heavy atom. The molecule has 3 rings (SSSR count). The lowest BCUT2D eigenvalue weighted by atomic mass is 9.86. The fourth-order valence-electron chi connectivity index (χ4n) is 2.45. The smallest absolute Gasteiger partial charge is 0.152 e. The summed E-state index contributed by atoms with van der Waals surface area (Å²) in [5.74, 6) is 0. The van der Waals surface area contributed by atoms with Gasteiger partial charge in [-0.1, -0.05) is 56.6 Å². The van der Waals surface area contributed by atoms with Gasteiger partial charge in [-0.15, -0.1) is 0 Å². The predicted molar refractivity (Wildman–Crippen MR) is 89.1 cm³/mol. The summed E-state index contributed by atoms with van der Waals surface area (Å²) in [6.45, 7) is 6.53. The van der Waals surface area contributed by atoms with E-state index in [1.165, 1.54) is 5.56 Å². The zero-order valence-electron chi connectivity index (χ0n) is 12.8. The van der Waals surface area contributed by atoms with Gasteiger partial charge >= 0.3 is 0 Å². The Morgan fingerprint density at radius 3 is 2.36 bits per heavy atom. The molecule has 0 bridgehead atoms. The van der Waals surface area contributed by atoms with Gasteiger partial charge < -0.3 is 0 Å². The number of hydrogen-bond donors (Lipinski definition) is 0. The van der Waals surface area contributed by atoms with Gasteiger partial charge in [0, 0.05) is 11.8 Å². The molecule has 0 unspecified atom stereocenters. The van der Waals surface area contributed by atoms with Crippen molar-refractivity contribution in [1.82, 2.24) is 9.38 Å². The van der Waals surface area contributed by atoms with Gasteiger partial charge in [0.05, 0.1) is 5.02 Å². The molecule has 0 radical (unpaired) electrons. The average molecular weight is 310 g/mol. The topological polar surface area (TPSA) is 41.1 Å². The van der Waals surface area contributed by atoms with Crippen molar-refractivity contribution in [1.29, 1.82) is 5.26 Å². The molecular formula is C18H16ClN3. The highest BCUT2D eigenvalue weighted by Gasteiger charge is 2.16. The van der Waals surface area contributed by atoms with Crippen molar-refractivity contribution >= 4 is 17.2 Å². The second-order valence-corrected chi connectivity index (χ2v) is 6.76. The second-order valence-electron chi connectivity index (χ2n) is 6.32. The summed E-state index contributed by atoms with van der Waals surface area (Å²) in [5.41, 5.74) is 4.19. The number of nitrogens with zero attached hydrogens (tertiary/aromatic N) is 3. The molecule has 0 aliphatic rings. The Labute approximate surface area is 134 Å². The first-order chi connectivity index (χ1) is 10.4. The fourth-order valence-corrected chi connectivity index (χ4v) is 2.62. The van der Waals surface area contributed by atoms with E-state index in [2.05, 4.69) is 44.0 Å². The van der Waals surface area contributed by atoms with Crippen LogP contribution in [0, 0.1) is 11.3 Å². The van der Waals surface area contributed by atoms with E-state index >= 15 is 0 Å². The zero-order chi connectivity index (χ0) is 15.9. The quantitative estimate of drug-likeness (QED) is 0.646. The maximum atomic E-state index is 9.49. The molecule has 0 atom stereocenters. The lowest BCUT2D eigenvalue weighted by Gasteiger charge is -2.18. The molecule has 0 aliphatic carbocycles. The molecule has 0 saturated carbocycles. The molecule has 4 heteroatoms. The Bertz CT molecular complexity index is 878. The van der Waals surface area contributed by atoms with Crippen LogP contribution in [0.4, 0.5) is 0 Å². The van der Waals surface area contributed by atoms with Gasteiger partial charge in [-0.3, -0.25) is 4.40 Å². The van der Waals surface area contributed by atoms with Crippen LogP contribution in [0.5, 0.6) is 0 Å². The molecule has 0 N–H and O–H groups in total. The summed E-state index contributed by atoms with van der Waals surface area (Å²) in [6, 6.07) is 14.0. The van der Waals surface area contributed by atoms with Crippen LogP contribution in [0.15, 0.2) is 42.6 Å².